The highest BCUT2D eigenvalue weighted by Gasteiger charge is 2.03. The van der Waals surface area contributed by atoms with Crippen molar-refractivity contribution in [3.05, 3.63) is 24.3 Å². The predicted molar refractivity (Wildman–Crippen MR) is 96.4 cm³/mol. The van der Waals surface area contributed by atoms with Gasteiger partial charge in [-0.3, -0.25) is 9.79 Å². The van der Waals surface area contributed by atoms with Crippen molar-refractivity contribution in [1.29, 1.82) is 0 Å². The van der Waals surface area contributed by atoms with Crippen LogP contribution in [0.4, 0.5) is 5.69 Å². The molecule has 0 aliphatic rings. The molecule has 118 valence electrons. The number of ether oxygens (including phenoxy) is 1. The van der Waals surface area contributed by atoms with Crippen LogP contribution >= 0.6 is 24.0 Å². The number of anilines is 1. The normalized spacial score (nSPS) is 10.5. The Morgan fingerprint density at radius 3 is 2.76 bits per heavy atom. The SMILES string of the molecule is CCCNC(=O)CCN=C(N)Nc1ccccc1OC.I. The zero-order valence-corrected chi connectivity index (χ0v) is 14.7. The Morgan fingerprint density at radius 2 is 2.10 bits per heavy atom. The topological polar surface area (TPSA) is 88.7 Å². The molecule has 0 aliphatic carbocycles. The van der Waals surface area contributed by atoms with Crippen molar-refractivity contribution in [2.75, 3.05) is 25.5 Å². The van der Waals surface area contributed by atoms with Crippen molar-refractivity contribution in [2.24, 2.45) is 10.7 Å². The van der Waals surface area contributed by atoms with Gasteiger partial charge in [-0.05, 0) is 18.6 Å². The first kappa shape index (κ1) is 19.5. The molecule has 0 heterocycles. The van der Waals surface area contributed by atoms with Gasteiger partial charge in [-0.2, -0.15) is 0 Å². The van der Waals surface area contributed by atoms with Crippen LogP contribution in [0.1, 0.15) is 19.8 Å². The van der Waals surface area contributed by atoms with E-state index in [1.165, 1.54) is 0 Å². The molecule has 0 spiro atoms. The van der Waals surface area contributed by atoms with Gasteiger partial charge in [0.1, 0.15) is 5.75 Å². The number of nitrogens with two attached hydrogens (primary N) is 1. The third-order valence-corrected chi connectivity index (χ3v) is 2.56. The zero-order valence-electron chi connectivity index (χ0n) is 12.4. The molecule has 1 amide bonds. The number of aliphatic imine (C=N–C) groups is 1. The predicted octanol–water partition coefficient (Wildman–Crippen LogP) is 1.96. The zero-order chi connectivity index (χ0) is 14.8. The van der Waals surface area contributed by atoms with Crippen LogP contribution < -0.4 is 21.1 Å². The summed E-state index contributed by atoms with van der Waals surface area (Å²) in [5.41, 5.74) is 6.51. The fraction of sp³-hybridized carbons (Fsp3) is 0.429. The van der Waals surface area contributed by atoms with Crippen molar-refractivity contribution in [3.63, 3.8) is 0 Å². The molecule has 0 radical (unpaired) electrons. The van der Waals surface area contributed by atoms with E-state index >= 15 is 0 Å². The monoisotopic (exact) mass is 406 g/mol. The van der Waals surface area contributed by atoms with Gasteiger partial charge in [-0.15, -0.1) is 24.0 Å². The third-order valence-electron chi connectivity index (χ3n) is 2.56. The molecule has 0 aliphatic heterocycles. The van der Waals surface area contributed by atoms with Crippen molar-refractivity contribution >= 4 is 41.5 Å². The second-order valence-corrected chi connectivity index (χ2v) is 4.19. The number of para-hydroxylation sites is 2. The van der Waals surface area contributed by atoms with Crippen LogP contribution in [0.3, 0.4) is 0 Å². The summed E-state index contributed by atoms with van der Waals surface area (Å²) in [7, 11) is 1.59. The van der Waals surface area contributed by atoms with E-state index in [4.69, 9.17) is 10.5 Å². The molecule has 21 heavy (non-hydrogen) atoms. The Morgan fingerprint density at radius 1 is 1.38 bits per heavy atom. The fourth-order valence-corrected chi connectivity index (χ4v) is 1.56. The van der Waals surface area contributed by atoms with E-state index in [2.05, 4.69) is 15.6 Å². The highest BCUT2D eigenvalue weighted by atomic mass is 127. The molecule has 0 atom stereocenters. The highest BCUT2D eigenvalue weighted by Crippen LogP contribution is 2.22. The van der Waals surface area contributed by atoms with Gasteiger partial charge in [0.15, 0.2) is 5.96 Å². The largest absolute Gasteiger partial charge is 0.495 e. The molecular weight excluding hydrogens is 383 g/mol. The molecule has 0 fully saturated rings. The minimum Gasteiger partial charge on any atom is -0.495 e. The summed E-state index contributed by atoms with van der Waals surface area (Å²) in [6.45, 7) is 3.05. The van der Waals surface area contributed by atoms with Gasteiger partial charge < -0.3 is 21.1 Å². The Hall–Kier alpha value is -1.51. The van der Waals surface area contributed by atoms with Crippen molar-refractivity contribution in [1.82, 2.24) is 5.32 Å². The lowest BCUT2D eigenvalue weighted by molar-refractivity contribution is -0.120. The van der Waals surface area contributed by atoms with E-state index in [9.17, 15) is 4.79 Å². The number of hydrogen-bond acceptors (Lipinski definition) is 3. The van der Waals surface area contributed by atoms with Crippen molar-refractivity contribution in [2.45, 2.75) is 19.8 Å². The molecule has 0 saturated carbocycles. The minimum absolute atomic E-state index is 0. The van der Waals surface area contributed by atoms with Crippen molar-refractivity contribution < 1.29 is 9.53 Å². The smallest absolute Gasteiger partial charge is 0.221 e. The lowest BCUT2D eigenvalue weighted by Gasteiger charge is -2.10. The molecule has 1 aromatic rings. The van der Waals surface area contributed by atoms with E-state index in [0.29, 0.717) is 25.3 Å². The van der Waals surface area contributed by atoms with Crippen LogP contribution in [0.2, 0.25) is 0 Å². The third kappa shape index (κ3) is 7.74. The molecule has 0 aromatic heterocycles. The molecule has 4 N–H and O–H groups in total. The quantitative estimate of drug-likeness (QED) is 0.367. The number of benzene rings is 1. The van der Waals surface area contributed by atoms with Gasteiger partial charge in [0.25, 0.3) is 0 Å². The molecule has 0 bridgehead atoms. The first-order valence-electron chi connectivity index (χ1n) is 6.64. The van der Waals surface area contributed by atoms with Gasteiger partial charge in [-0.25, -0.2) is 0 Å². The van der Waals surface area contributed by atoms with Gasteiger partial charge in [-0.1, -0.05) is 19.1 Å². The summed E-state index contributed by atoms with van der Waals surface area (Å²) in [5, 5.41) is 5.73. The lowest BCUT2D eigenvalue weighted by Crippen LogP contribution is -2.26. The molecular formula is C14H23IN4O2. The number of methoxy groups -OCH3 is 1. The molecule has 0 unspecified atom stereocenters. The second-order valence-electron chi connectivity index (χ2n) is 4.19. The number of nitrogens with zero attached hydrogens (tertiary/aromatic N) is 1. The highest BCUT2D eigenvalue weighted by molar-refractivity contribution is 14.0. The van der Waals surface area contributed by atoms with E-state index in [1.807, 2.05) is 31.2 Å². The number of rotatable bonds is 7. The first-order valence-corrected chi connectivity index (χ1v) is 6.64. The van der Waals surface area contributed by atoms with Crippen LogP contribution in [0, 0.1) is 0 Å². The van der Waals surface area contributed by atoms with Gasteiger partial charge in [0.2, 0.25) is 5.91 Å². The van der Waals surface area contributed by atoms with E-state index in [-0.39, 0.29) is 35.8 Å². The maximum Gasteiger partial charge on any atom is 0.221 e. The lowest BCUT2D eigenvalue weighted by atomic mass is 10.3. The average molecular weight is 406 g/mol. The minimum atomic E-state index is -0.0132. The second kappa shape index (κ2) is 11.2. The summed E-state index contributed by atoms with van der Waals surface area (Å²) in [5.74, 6) is 0.935. The Bertz CT molecular complexity index is 466. The Labute approximate surface area is 142 Å². The number of carbonyl (C=O) groups excluding carboxylic acids is 1. The number of guanidine groups is 1. The number of amides is 1. The number of hydrogen-bond donors (Lipinski definition) is 3. The average Bonchev–Trinajstić information content (AvgIpc) is 2.45. The standard InChI is InChI=1S/C14H22N4O2.HI/c1-3-9-16-13(19)8-10-17-14(15)18-11-6-4-5-7-12(11)20-2;/h4-7H,3,8-10H2,1-2H3,(H,16,19)(H3,15,17,18);1H. The van der Waals surface area contributed by atoms with Gasteiger partial charge in [0, 0.05) is 13.0 Å². The van der Waals surface area contributed by atoms with Crippen LogP contribution in [-0.2, 0) is 4.79 Å². The Kier molecular flexibility index (Phi) is 10.4. The van der Waals surface area contributed by atoms with Gasteiger partial charge >= 0.3 is 0 Å². The van der Waals surface area contributed by atoms with Crippen LogP contribution in [-0.4, -0.2) is 32.1 Å². The summed E-state index contributed by atoms with van der Waals surface area (Å²) < 4.78 is 5.20. The molecule has 7 heteroatoms. The summed E-state index contributed by atoms with van der Waals surface area (Å²) >= 11 is 0. The fourth-order valence-electron chi connectivity index (χ4n) is 1.56. The summed E-state index contributed by atoms with van der Waals surface area (Å²) in [6.07, 6.45) is 1.25. The van der Waals surface area contributed by atoms with Crippen molar-refractivity contribution in [3.8, 4) is 5.75 Å². The van der Waals surface area contributed by atoms with Gasteiger partial charge in [0.05, 0.1) is 19.3 Å². The number of carbonyl (C=O) groups is 1. The maximum absolute atomic E-state index is 11.4. The summed E-state index contributed by atoms with van der Waals surface area (Å²) in [4.78, 5) is 15.5. The number of nitrogens with one attached hydrogen (secondary N) is 2. The maximum atomic E-state index is 11.4. The molecule has 1 aromatic carbocycles. The number of halogens is 1. The summed E-state index contributed by atoms with van der Waals surface area (Å²) in [6, 6.07) is 7.41. The molecule has 1 rings (SSSR count). The first-order chi connectivity index (χ1) is 9.67. The Balaban J connectivity index is 0.00000400. The van der Waals surface area contributed by atoms with Crippen LogP contribution in [0.5, 0.6) is 5.75 Å². The van der Waals surface area contributed by atoms with E-state index in [0.717, 1.165) is 12.1 Å². The van der Waals surface area contributed by atoms with E-state index < -0.39 is 0 Å². The van der Waals surface area contributed by atoms with Crippen LogP contribution in [0.15, 0.2) is 29.3 Å². The van der Waals surface area contributed by atoms with E-state index in [1.54, 1.807) is 7.11 Å². The van der Waals surface area contributed by atoms with Crippen LogP contribution in [0.25, 0.3) is 0 Å². The molecule has 6 nitrogen and oxygen atoms in total. The molecule has 0 saturated heterocycles.